The summed E-state index contributed by atoms with van der Waals surface area (Å²) in [5.41, 5.74) is 9.99. The lowest BCUT2D eigenvalue weighted by atomic mass is 10.1. The summed E-state index contributed by atoms with van der Waals surface area (Å²) in [5, 5.41) is 0. The maximum atomic E-state index is 5.83. The van der Waals surface area contributed by atoms with Crippen LogP contribution in [0.25, 0.3) is 0 Å². The average molecular weight is 271 g/mol. The van der Waals surface area contributed by atoms with Gasteiger partial charge in [-0.05, 0) is 37.1 Å². The maximum Gasteiger partial charge on any atom is 0.143 e. The van der Waals surface area contributed by atoms with Crippen molar-refractivity contribution < 1.29 is 0 Å². The lowest BCUT2D eigenvalue weighted by Crippen LogP contribution is -2.20. The first-order valence-electron chi connectivity index (χ1n) is 6.07. The van der Waals surface area contributed by atoms with Crippen molar-refractivity contribution in [2.45, 2.75) is 13.8 Å². The molecule has 0 aliphatic heterocycles. The molecule has 0 saturated heterocycles. The molecule has 1 aromatic carbocycles. The number of hydrogen-bond acceptors (Lipinski definition) is 3. The number of benzene rings is 1. The van der Waals surface area contributed by atoms with Crippen LogP contribution in [0.2, 0.25) is 0 Å². The average Bonchev–Trinajstić information content (AvgIpc) is 2.37. The first-order chi connectivity index (χ1) is 9.02. The molecule has 0 spiro atoms. The molecular formula is C15H17N3S. The first kappa shape index (κ1) is 13.5. The molecule has 2 rings (SSSR count). The van der Waals surface area contributed by atoms with Crippen molar-refractivity contribution in [2.24, 2.45) is 5.73 Å². The smallest absolute Gasteiger partial charge is 0.143 e. The number of para-hydroxylation sites is 1. The second-order valence-electron chi connectivity index (χ2n) is 4.54. The molecule has 98 valence electrons. The lowest BCUT2D eigenvalue weighted by Gasteiger charge is -2.23. The van der Waals surface area contributed by atoms with Gasteiger partial charge in [-0.2, -0.15) is 0 Å². The van der Waals surface area contributed by atoms with Gasteiger partial charge in [0.25, 0.3) is 0 Å². The van der Waals surface area contributed by atoms with Crippen LogP contribution in [0.1, 0.15) is 16.7 Å². The van der Waals surface area contributed by atoms with Gasteiger partial charge in [0.15, 0.2) is 0 Å². The number of thiocarbonyl (C=S) groups is 1. The van der Waals surface area contributed by atoms with Crippen LogP contribution in [0, 0.1) is 13.8 Å². The summed E-state index contributed by atoms with van der Waals surface area (Å²) in [7, 11) is 1.98. The van der Waals surface area contributed by atoms with Crippen molar-refractivity contribution in [1.82, 2.24) is 4.98 Å². The first-order valence-corrected chi connectivity index (χ1v) is 6.48. The van der Waals surface area contributed by atoms with E-state index in [-0.39, 0.29) is 0 Å². The van der Waals surface area contributed by atoms with Gasteiger partial charge < -0.3 is 10.6 Å². The van der Waals surface area contributed by atoms with Crippen LogP contribution in [-0.4, -0.2) is 17.0 Å². The molecule has 0 aliphatic rings. The van der Waals surface area contributed by atoms with E-state index in [1.54, 1.807) is 6.20 Å². The minimum Gasteiger partial charge on any atom is -0.389 e. The van der Waals surface area contributed by atoms with E-state index in [1.807, 2.05) is 37.1 Å². The fraction of sp³-hybridized carbons (Fsp3) is 0.200. The van der Waals surface area contributed by atoms with E-state index in [0.717, 1.165) is 22.6 Å². The minimum absolute atomic E-state index is 0.376. The van der Waals surface area contributed by atoms with Crippen LogP contribution in [0.4, 0.5) is 11.5 Å². The number of rotatable bonds is 3. The number of aryl methyl sites for hydroxylation is 2. The minimum atomic E-state index is 0.376. The number of pyridine rings is 1. The standard InChI is InChI=1S/C15H17N3S/c1-10-6-4-5-7-12(10)18(3)15-13(14(16)19)11(2)8-9-17-15/h4-9H,1-3H3,(H2,16,19). The predicted octanol–water partition coefficient (Wildman–Crippen LogP) is 3.10. The molecular weight excluding hydrogens is 254 g/mol. The zero-order valence-corrected chi connectivity index (χ0v) is 12.2. The van der Waals surface area contributed by atoms with Gasteiger partial charge in [-0.1, -0.05) is 30.4 Å². The van der Waals surface area contributed by atoms with E-state index < -0.39 is 0 Å². The summed E-state index contributed by atoms with van der Waals surface area (Å²) in [6.07, 6.45) is 1.78. The van der Waals surface area contributed by atoms with Gasteiger partial charge in [0.1, 0.15) is 10.8 Å². The number of nitrogens with two attached hydrogens (primary N) is 1. The summed E-state index contributed by atoms with van der Waals surface area (Å²) in [6.45, 7) is 4.06. The van der Waals surface area contributed by atoms with E-state index in [0.29, 0.717) is 4.99 Å². The Morgan fingerprint density at radius 1 is 1.16 bits per heavy atom. The highest BCUT2D eigenvalue weighted by molar-refractivity contribution is 7.80. The number of aromatic nitrogens is 1. The third-order valence-corrected chi connectivity index (χ3v) is 3.38. The van der Waals surface area contributed by atoms with Crippen molar-refractivity contribution in [3.63, 3.8) is 0 Å². The molecule has 0 bridgehead atoms. The highest BCUT2D eigenvalue weighted by Crippen LogP contribution is 2.28. The topological polar surface area (TPSA) is 42.2 Å². The Labute approximate surface area is 119 Å². The van der Waals surface area contributed by atoms with Crippen LogP contribution < -0.4 is 10.6 Å². The Balaban J connectivity index is 2.57. The van der Waals surface area contributed by atoms with Crippen LogP contribution in [0.15, 0.2) is 36.5 Å². The van der Waals surface area contributed by atoms with Crippen LogP contribution in [-0.2, 0) is 0 Å². The van der Waals surface area contributed by atoms with Crippen molar-refractivity contribution in [2.75, 3.05) is 11.9 Å². The Hall–Kier alpha value is -1.94. The third kappa shape index (κ3) is 2.58. The van der Waals surface area contributed by atoms with Crippen LogP contribution in [0.5, 0.6) is 0 Å². The molecule has 0 aliphatic carbocycles. The summed E-state index contributed by atoms with van der Waals surface area (Å²) in [5.74, 6) is 0.793. The number of hydrogen-bond donors (Lipinski definition) is 1. The van der Waals surface area contributed by atoms with Gasteiger partial charge in [-0.25, -0.2) is 4.98 Å². The second kappa shape index (κ2) is 5.36. The molecule has 0 unspecified atom stereocenters. The van der Waals surface area contributed by atoms with Gasteiger partial charge in [-0.15, -0.1) is 0 Å². The van der Waals surface area contributed by atoms with E-state index >= 15 is 0 Å². The van der Waals surface area contributed by atoms with Gasteiger partial charge in [0.2, 0.25) is 0 Å². The predicted molar refractivity (Wildman–Crippen MR) is 84.1 cm³/mol. The normalized spacial score (nSPS) is 10.3. The Morgan fingerprint density at radius 2 is 1.84 bits per heavy atom. The summed E-state index contributed by atoms with van der Waals surface area (Å²) >= 11 is 5.15. The van der Waals surface area contributed by atoms with E-state index in [9.17, 15) is 0 Å². The fourth-order valence-corrected chi connectivity index (χ4v) is 2.41. The molecule has 19 heavy (non-hydrogen) atoms. The molecule has 2 aromatic rings. The molecule has 0 amide bonds. The SMILES string of the molecule is Cc1ccccc1N(C)c1nccc(C)c1C(N)=S. The van der Waals surface area contributed by atoms with Gasteiger partial charge in [0.05, 0.1) is 5.56 Å². The lowest BCUT2D eigenvalue weighted by molar-refractivity contribution is 1.10. The largest absolute Gasteiger partial charge is 0.389 e. The van der Waals surface area contributed by atoms with E-state index in [2.05, 4.69) is 24.0 Å². The van der Waals surface area contributed by atoms with Gasteiger partial charge >= 0.3 is 0 Å². The number of nitrogens with zero attached hydrogens (tertiary/aromatic N) is 2. The zero-order valence-electron chi connectivity index (χ0n) is 11.3. The highest BCUT2D eigenvalue weighted by Gasteiger charge is 2.15. The molecule has 0 atom stereocenters. The summed E-state index contributed by atoms with van der Waals surface area (Å²) < 4.78 is 0. The Bertz CT molecular complexity index is 623. The zero-order chi connectivity index (χ0) is 14.0. The van der Waals surface area contributed by atoms with Crippen molar-refractivity contribution in [3.05, 3.63) is 53.2 Å². The summed E-state index contributed by atoms with van der Waals surface area (Å²) in [4.78, 5) is 6.84. The molecule has 0 saturated carbocycles. The highest BCUT2D eigenvalue weighted by atomic mass is 32.1. The van der Waals surface area contributed by atoms with Crippen LogP contribution in [0.3, 0.4) is 0 Å². The van der Waals surface area contributed by atoms with Gasteiger partial charge in [0, 0.05) is 18.9 Å². The third-order valence-electron chi connectivity index (χ3n) is 3.18. The summed E-state index contributed by atoms with van der Waals surface area (Å²) in [6, 6.07) is 10.1. The van der Waals surface area contributed by atoms with E-state index in [1.165, 1.54) is 5.56 Å². The monoisotopic (exact) mass is 271 g/mol. The molecule has 1 aromatic heterocycles. The van der Waals surface area contributed by atoms with Gasteiger partial charge in [-0.3, -0.25) is 0 Å². The Morgan fingerprint density at radius 3 is 2.47 bits per heavy atom. The quantitative estimate of drug-likeness (QED) is 0.871. The van der Waals surface area contributed by atoms with E-state index in [4.69, 9.17) is 18.0 Å². The van der Waals surface area contributed by atoms with Crippen molar-refractivity contribution in [3.8, 4) is 0 Å². The molecule has 4 heteroatoms. The molecule has 2 N–H and O–H groups in total. The van der Waals surface area contributed by atoms with Crippen LogP contribution >= 0.6 is 12.2 Å². The molecule has 0 radical (unpaired) electrons. The molecule has 3 nitrogen and oxygen atoms in total. The maximum absolute atomic E-state index is 5.83. The molecule has 1 heterocycles. The fourth-order valence-electron chi connectivity index (χ4n) is 2.16. The van der Waals surface area contributed by atoms with Crippen molar-refractivity contribution >= 4 is 28.7 Å². The van der Waals surface area contributed by atoms with Crippen molar-refractivity contribution in [1.29, 1.82) is 0 Å². The number of anilines is 2. The second-order valence-corrected chi connectivity index (χ2v) is 4.98. The molecule has 0 fully saturated rings. The Kier molecular flexibility index (Phi) is 3.81.